The number of urea groups is 1. The van der Waals surface area contributed by atoms with Crippen molar-refractivity contribution in [2.24, 2.45) is 0 Å². The SMILES string of the molecule is COCCOC(=O)C1=C(C)N(C)C(=O)NC1c1ccc(NC(=O)c2cccc([N+](=O)[O-])c2)cc1. The molecule has 34 heavy (non-hydrogen) atoms. The minimum absolute atomic E-state index is 0.0686. The Morgan fingerprint density at radius 3 is 2.53 bits per heavy atom. The largest absolute Gasteiger partial charge is 0.460 e. The molecule has 1 aliphatic heterocycles. The van der Waals surface area contributed by atoms with Crippen molar-refractivity contribution in [2.75, 3.05) is 32.7 Å². The first kappa shape index (κ1) is 24.4. The van der Waals surface area contributed by atoms with E-state index in [0.29, 0.717) is 16.9 Å². The molecule has 0 saturated heterocycles. The third kappa shape index (κ3) is 5.38. The molecule has 1 heterocycles. The van der Waals surface area contributed by atoms with Crippen LogP contribution < -0.4 is 10.6 Å². The highest BCUT2D eigenvalue weighted by Gasteiger charge is 2.35. The Kier molecular flexibility index (Phi) is 7.59. The fourth-order valence-corrected chi connectivity index (χ4v) is 3.37. The fraction of sp³-hybridized carbons (Fsp3) is 0.261. The van der Waals surface area contributed by atoms with E-state index in [2.05, 4.69) is 10.6 Å². The maximum atomic E-state index is 12.7. The van der Waals surface area contributed by atoms with Crippen molar-refractivity contribution in [1.29, 1.82) is 0 Å². The number of benzene rings is 2. The van der Waals surface area contributed by atoms with Crippen molar-refractivity contribution in [3.05, 3.63) is 81.0 Å². The number of nitrogens with one attached hydrogen (secondary N) is 2. The number of nitrogens with zero attached hydrogens (tertiary/aromatic N) is 2. The van der Waals surface area contributed by atoms with Crippen molar-refractivity contribution in [3.8, 4) is 0 Å². The van der Waals surface area contributed by atoms with Crippen molar-refractivity contribution >= 4 is 29.3 Å². The average molecular weight is 468 g/mol. The number of nitro benzene ring substituents is 1. The van der Waals surface area contributed by atoms with E-state index in [1.165, 1.54) is 36.3 Å². The molecule has 3 amide bonds. The summed E-state index contributed by atoms with van der Waals surface area (Å²) in [5.41, 5.74) is 1.73. The molecule has 1 atom stereocenters. The third-order valence-corrected chi connectivity index (χ3v) is 5.32. The zero-order valence-electron chi connectivity index (χ0n) is 18.9. The number of methoxy groups -OCH3 is 1. The molecular weight excluding hydrogens is 444 g/mol. The van der Waals surface area contributed by atoms with Crippen LogP contribution in [0.1, 0.15) is 28.9 Å². The minimum atomic E-state index is -0.750. The molecule has 0 bridgehead atoms. The molecule has 0 radical (unpaired) electrons. The number of anilines is 1. The summed E-state index contributed by atoms with van der Waals surface area (Å²) in [7, 11) is 3.05. The highest BCUT2D eigenvalue weighted by atomic mass is 16.6. The van der Waals surface area contributed by atoms with Gasteiger partial charge in [0.25, 0.3) is 11.6 Å². The monoisotopic (exact) mass is 468 g/mol. The zero-order valence-corrected chi connectivity index (χ0v) is 18.9. The Balaban J connectivity index is 1.80. The third-order valence-electron chi connectivity index (χ3n) is 5.32. The Hall–Kier alpha value is -4.25. The van der Waals surface area contributed by atoms with Gasteiger partial charge in [0, 0.05) is 43.2 Å². The van der Waals surface area contributed by atoms with E-state index < -0.39 is 22.8 Å². The standard InChI is InChI=1S/C23H24N4O7/c1-14-19(22(29)34-12-11-33-3)20(25-23(30)26(14)2)15-7-9-17(10-8-15)24-21(28)16-5-4-6-18(13-16)27(31)32/h4-10,13,20H,11-12H2,1-3H3,(H,24,28)(H,25,30). The summed E-state index contributed by atoms with van der Waals surface area (Å²) in [6, 6.07) is 10.8. The van der Waals surface area contributed by atoms with Gasteiger partial charge in [-0.15, -0.1) is 0 Å². The van der Waals surface area contributed by atoms with E-state index in [-0.39, 0.29) is 36.1 Å². The van der Waals surface area contributed by atoms with Gasteiger partial charge in [-0.2, -0.15) is 0 Å². The molecule has 0 fully saturated rings. The van der Waals surface area contributed by atoms with Crippen LogP contribution in [0, 0.1) is 10.1 Å². The highest BCUT2D eigenvalue weighted by Crippen LogP contribution is 2.31. The lowest BCUT2D eigenvalue weighted by Gasteiger charge is -2.33. The number of allylic oxidation sites excluding steroid dienone is 1. The van der Waals surface area contributed by atoms with Crippen LogP contribution in [0.15, 0.2) is 59.8 Å². The summed E-state index contributed by atoms with van der Waals surface area (Å²) in [5.74, 6) is -1.09. The maximum Gasteiger partial charge on any atom is 0.338 e. The molecule has 3 rings (SSSR count). The number of esters is 1. The summed E-state index contributed by atoms with van der Waals surface area (Å²) < 4.78 is 10.2. The van der Waals surface area contributed by atoms with Crippen molar-refractivity contribution in [3.63, 3.8) is 0 Å². The van der Waals surface area contributed by atoms with E-state index in [9.17, 15) is 24.5 Å². The van der Waals surface area contributed by atoms with Gasteiger partial charge in [-0.25, -0.2) is 9.59 Å². The van der Waals surface area contributed by atoms with Gasteiger partial charge in [0.1, 0.15) is 6.61 Å². The van der Waals surface area contributed by atoms with Gasteiger partial charge in [-0.3, -0.25) is 14.9 Å². The normalized spacial score (nSPS) is 15.6. The number of hydrogen-bond donors (Lipinski definition) is 2. The van der Waals surface area contributed by atoms with Crippen LogP contribution in [0.25, 0.3) is 0 Å². The van der Waals surface area contributed by atoms with Gasteiger partial charge in [0.15, 0.2) is 0 Å². The Labute approximate surface area is 195 Å². The summed E-state index contributed by atoms with van der Waals surface area (Å²) >= 11 is 0. The molecule has 11 heteroatoms. The first-order chi connectivity index (χ1) is 16.2. The van der Waals surface area contributed by atoms with Crippen molar-refractivity contribution in [2.45, 2.75) is 13.0 Å². The molecule has 178 valence electrons. The minimum Gasteiger partial charge on any atom is -0.460 e. The lowest BCUT2D eigenvalue weighted by Crippen LogP contribution is -2.46. The van der Waals surface area contributed by atoms with E-state index in [1.807, 2.05) is 0 Å². The van der Waals surface area contributed by atoms with Gasteiger partial charge >= 0.3 is 12.0 Å². The number of hydrogen-bond acceptors (Lipinski definition) is 7. The number of carbonyl (C=O) groups excluding carboxylic acids is 3. The lowest BCUT2D eigenvalue weighted by molar-refractivity contribution is -0.384. The quantitative estimate of drug-likeness (QED) is 0.263. The smallest absolute Gasteiger partial charge is 0.338 e. The topological polar surface area (TPSA) is 140 Å². The molecule has 2 aromatic carbocycles. The van der Waals surface area contributed by atoms with Gasteiger partial charge in [0.2, 0.25) is 0 Å². The van der Waals surface area contributed by atoms with Crippen LogP contribution >= 0.6 is 0 Å². The molecule has 2 N–H and O–H groups in total. The summed E-state index contributed by atoms with van der Waals surface area (Å²) in [6.07, 6.45) is 0. The molecule has 11 nitrogen and oxygen atoms in total. The fourth-order valence-electron chi connectivity index (χ4n) is 3.37. The first-order valence-electron chi connectivity index (χ1n) is 10.3. The van der Waals surface area contributed by atoms with E-state index in [0.717, 1.165) is 0 Å². The zero-order chi connectivity index (χ0) is 24.8. The molecule has 2 aromatic rings. The molecule has 1 unspecified atom stereocenters. The summed E-state index contributed by atoms with van der Waals surface area (Å²) in [5, 5.41) is 16.4. The van der Waals surface area contributed by atoms with E-state index in [1.54, 1.807) is 38.2 Å². The molecule has 1 aliphatic rings. The number of nitro groups is 1. The van der Waals surface area contributed by atoms with Crippen LogP contribution in [0.4, 0.5) is 16.2 Å². The van der Waals surface area contributed by atoms with Crippen LogP contribution in [-0.4, -0.2) is 55.1 Å². The van der Waals surface area contributed by atoms with Crippen LogP contribution in [0.5, 0.6) is 0 Å². The van der Waals surface area contributed by atoms with Gasteiger partial charge < -0.3 is 25.0 Å². The molecule has 0 aliphatic carbocycles. The molecular formula is C23H24N4O7. The number of ether oxygens (including phenoxy) is 2. The van der Waals surface area contributed by atoms with Gasteiger partial charge in [0.05, 0.1) is 23.1 Å². The van der Waals surface area contributed by atoms with E-state index >= 15 is 0 Å². The number of rotatable bonds is 8. The second kappa shape index (κ2) is 10.6. The Morgan fingerprint density at radius 2 is 1.88 bits per heavy atom. The predicted octanol–water partition coefficient (Wildman–Crippen LogP) is 3.01. The second-order valence-corrected chi connectivity index (χ2v) is 7.45. The van der Waals surface area contributed by atoms with Crippen molar-refractivity contribution < 1.29 is 28.8 Å². The lowest BCUT2D eigenvalue weighted by atomic mass is 9.95. The molecule has 0 saturated carbocycles. The molecule has 0 spiro atoms. The predicted molar refractivity (Wildman–Crippen MR) is 122 cm³/mol. The maximum absolute atomic E-state index is 12.7. The van der Waals surface area contributed by atoms with Crippen molar-refractivity contribution in [1.82, 2.24) is 10.2 Å². The van der Waals surface area contributed by atoms with Gasteiger partial charge in [-0.1, -0.05) is 18.2 Å². The van der Waals surface area contributed by atoms with Crippen LogP contribution in [-0.2, 0) is 14.3 Å². The summed E-state index contributed by atoms with van der Waals surface area (Å²) in [4.78, 5) is 49.3. The van der Waals surface area contributed by atoms with Gasteiger partial charge in [-0.05, 0) is 30.7 Å². The average Bonchev–Trinajstić information content (AvgIpc) is 2.83. The Bertz CT molecular complexity index is 1140. The Morgan fingerprint density at radius 1 is 1.18 bits per heavy atom. The summed E-state index contributed by atoms with van der Waals surface area (Å²) in [6.45, 7) is 1.97. The molecule has 0 aromatic heterocycles. The highest BCUT2D eigenvalue weighted by molar-refractivity contribution is 6.04. The number of non-ortho nitro benzene ring substituents is 1. The first-order valence-corrected chi connectivity index (χ1v) is 10.3. The van der Waals surface area contributed by atoms with E-state index in [4.69, 9.17) is 9.47 Å². The number of amides is 3. The van der Waals surface area contributed by atoms with Crippen LogP contribution in [0.3, 0.4) is 0 Å². The second-order valence-electron chi connectivity index (χ2n) is 7.45. The van der Waals surface area contributed by atoms with Crippen LogP contribution in [0.2, 0.25) is 0 Å². The number of carbonyl (C=O) groups is 3.